The van der Waals surface area contributed by atoms with Gasteiger partial charge in [0.05, 0.1) is 13.2 Å². The molecule has 5 nitrogen and oxygen atoms in total. The van der Waals surface area contributed by atoms with E-state index in [1.54, 1.807) is 0 Å². The summed E-state index contributed by atoms with van der Waals surface area (Å²) in [5, 5.41) is 5.54. The highest BCUT2D eigenvalue weighted by atomic mass is 16.5. The SMILES string of the molecule is CC(=O)NCCOCCNCN. The molecule has 1 amide bonds. The normalized spacial score (nSPS) is 9.83. The Morgan fingerprint density at radius 2 is 2.08 bits per heavy atom. The van der Waals surface area contributed by atoms with E-state index in [-0.39, 0.29) is 5.91 Å². The number of nitrogens with one attached hydrogen (secondary N) is 2. The van der Waals surface area contributed by atoms with Gasteiger partial charge in [-0.05, 0) is 0 Å². The fraction of sp³-hybridized carbons (Fsp3) is 0.857. The lowest BCUT2D eigenvalue weighted by Crippen LogP contribution is -2.28. The lowest BCUT2D eigenvalue weighted by molar-refractivity contribution is -0.119. The molecular weight excluding hydrogens is 158 g/mol. The van der Waals surface area contributed by atoms with Gasteiger partial charge >= 0.3 is 0 Å². The van der Waals surface area contributed by atoms with Crippen molar-refractivity contribution in [1.29, 1.82) is 0 Å². The maximum atomic E-state index is 10.4. The van der Waals surface area contributed by atoms with Gasteiger partial charge in [-0.1, -0.05) is 0 Å². The summed E-state index contributed by atoms with van der Waals surface area (Å²) in [6.45, 7) is 4.43. The number of carbonyl (C=O) groups excluding carboxylic acids is 1. The molecule has 0 rings (SSSR count). The quantitative estimate of drug-likeness (QED) is 0.330. The summed E-state index contributed by atoms with van der Waals surface area (Å²) in [4.78, 5) is 10.4. The van der Waals surface area contributed by atoms with E-state index in [9.17, 15) is 4.79 Å². The smallest absolute Gasteiger partial charge is 0.216 e. The van der Waals surface area contributed by atoms with E-state index in [1.807, 2.05) is 0 Å². The van der Waals surface area contributed by atoms with Gasteiger partial charge in [0.15, 0.2) is 0 Å². The lowest BCUT2D eigenvalue weighted by atomic mass is 10.6. The number of amides is 1. The number of carbonyl (C=O) groups is 1. The highest BCUT2D eigenvalue weighted by Gasteiger charge is 1.90. The average molecular weight is 175 g/mol. The van der Waals surface area contributed by atoms with Gasteiger partial charge in [-0.25, -0.2) is 0 Å². The van der Waals surface area contributed by atoms with Crippen molar-refractivity contribution < 1.29 is 9.53 Å². The fourth-order valence-electron chi connectivity index (χ4n) is 0.648. The molecule has 5 heteroatoms. The van der Waals surface area contributed by atoms with Crippen LogP contribution in [0.2, 0.25) is 0 Å². The number of hydrogen-bond acceptors (Lipinski definition) is 4. The minimum absolute atomic E-state index is 0.0290. The molecule has 72 valence electrons. The van der Waals surface area contributed by atoms with Crippen molar-refractivity contribution in [1.82, 2.24) is 10.6 Å². The van der Waals surface area contributed by atoms with Crippen molar-refractivity contribution in [3.05, 3.63) is 0 Å². The van der Waals surface area contributed by atoms with E-state index in [0.29, 0.717) is 26.4 Å². The summed E-state index contributed by atoms with van der Waals surface area (Å²) < 4.78 is 5.15. The Balaban J connectivity index is 2.86. The molecule has 0 unspecified atom stereocenters. The number of ether oxygens (including phenoxy) is 1. The highest BCUT2D eigenvalue weighted by Crippen LogP contribution is 1.71. The van der Waals surface area contributed by atoms with Crippen molar-refractivity contribution in [2.24, 2.45) is 5.73 Å². The molecule has 0 aliphatic rings. The van der Waals surface area contributed by atoms with Gasteiger partial charge in [0.25, 0.3) is 0 Å². The van der Waals surface area contributed by atoms with E-state index >= 15 is 0 Å². The van der Waals surface area contributed by atoms with Crippen molar-refractivity contribution in [2.75, 3.05) is 33.0 Å². The zero-order chi connectivity index (χ0) is 9.23. The molecule has 0 radical (unpaired) electrons. The molecule has 0 heterocycles. The third-order valence-electron chi connectivity index (χ3n) is 1.19. The molecule has 0 saturated carbocycles. The summed E-state index contributed by atoms with van der Waals surface area (Å²) in [6, 6.07) is 0. The van der Waals surface area contributed by atoms with Crippen LogP contribution in [0.4, 0.5) is 0 Å². The van der Waals surface area contributed by atoms with E-state index in [1.165, 1.54) is 6.92 Å². The fourth-order valence-corrected chi connectivity index (χ4v) is 0.648. The second-order valence-electron chi connectivity index (χ2n) is 2.30. The van der Waals surface area contributed by atoms with E-state index in [2.05, 4.69) is 10.6 Å². The zero-order valence-corrected chi connectivity index (χ0v) is 7.43. The maximum absolute atomic E-state index is 10.4. The van der Waals surface area contributed by atoms with Gasteiger partial charge in [0, 0.05) is 26.7 Å². The van der Waals surface area contributed by atoms with Crippen molar-refractivity contribution >= 4 is 5.91 Å². The van der Waals surface area contributed by atoms with Crippen LogP contribution < -0.4 is 16.4 Å². The second-order valence-corrected chi connectivity index (χ2v) is 2.30. The molecule has 0 saturated heterocycles. The van der Waals surface area contributed by atoms with E-state index in [4.69, 9.17) is 10.5 Å². The van der Waals surface area contributed by atoms with Crippen LogP contribution in [0, 0.1) is 0 Å². The molecule has 0 atom stereocenters. The first-order valence-corrected chi connectivity index (χ1v) is 4.00. The third kappa shape index (κ3) is 9.35. The Labute approximate surface area is 72.6 Å². The van der Waals surface area contributed by atoms with Crippen molar-refractivity contribution in [2.45, 2.75) is 6.92 Å². The minimum Gasteiger partial charge on any atom is -0.378 e. The molecule has 0 aromatic carbocycles. The molecule has 0 bridgehead atoms. The topological polar surface area (TPSA) is 76.4 Å². The van der Waals surface area contributed by atoms with Gasteiger partial charge in [-0.3, -0.25) is 4.79 Å². The van der Waals surface area contributed by atoms with Crippen LogP contribution in [-0.4, -0.2) is 38.9 Å². The van der Waals surface area contributed by atoms with Crippen molar-refractivity contribution in [3.8, 4) is 0 Å². The highest BCUT2D eigenvalue weighted by molar-refractivity contribution is 5.72. The molecular formula is C7H17N3O2. The summed E-state index contributed by atoms with van der Waals surface area (Å²) in [5.41, 5.74) is 5.19. The molecule has 0 spiro atoms. The van der Waals surface area contributed by atoms with Gasteiger partial charge in [0.1, 0.15) is 0 Å². The largest absolute Gasteiger partial charge is 0.378 e. The van der Waals surface area contributed by atoms with Gasteiger partial charge in [0.2, 0.25) is 5.91 Å². The van der Waals surface area contributed by atoms with E-state index < -0.39 is 0 Å². The first-order valence-electron chi connectivity index (χ1n) is 4.00. The van der Waals surface area contributed by atoms with Crippen LogP contribution in [0.15, 0.2) is 0 Å². The minimum atomic E-state index is -0.0290. The molecule has 4 N–H and O–H groups in total. The Kier molecular flexibility index (Phi) is 7.99. The summed E-state index contributed by atoms with van der Waals surface area (Å²) >= 11 is 0. The van der Waals surface area contributed by atoms with Crippen molar-refractivity contribution in [3.63, 3.8) is 0 Å². The molecule has 0 aliphatic carbocycles. The molecule has 12 heavy (non-hydrogen) atoms. The Morgan fingerprint density at radius 1 is 1.42 bits per heavy atom. The predicted molar refractivity (Wildman–Crippen MR) is 46.6 cm³/mol. The molecule has 0 aromatic rings. The molecule has 0 aliphatic heterocycles. The number of rotatable bonds is 7. The monoisotopic (exact) mass is 175 g/mol. The first-order chi connectivity index (χ1) is 5.77. The van der Waals surface area contributed by atoms with Crippen LogP contribution >= 0.6 is 0 Å². The van der Waals surface area contributed by atoms with Crippen LogP contribution in [0.3, 0.4) is 0 Å². The summed E-state index contributed by atoms with van der Waals surface area (Å²) in [5.74, 6) is -0.0290. The summed E-state index contributed by atoms with van der Waals surface area (Å²) in [7, 11) is 0. The lowest BCUT2D eigenvalue weighted by Gasteiger charge is -2.04. The third-order valence-corrected chi connectivity index (χ3v) is 1.19. The van der Waals surface area contributed by atoms with Crippen LogP contribution in [0.1, 0.15) is 6.92 Å². The zero-order valence-electron chi connectivity index (χ0n) is 7.43. The Hall–Kier alpha value is -0.650. The van der Waals surface area contributed by atoms with Crippen LogP contribution in [0.25, 0.3) is 0 Å². The van der Waals surface area contributed by atoms with E-state index in [0.717, 1.165) is 6.54 Å². The van der Waals surface area contributed by atoms with Gasteiger partial charge in [-0.2, -0.15) is 0 Å². The first kappa shape index (κ1) is 11.4. The van der Waals surface area contributed by atoms with Crippen LogP contribution in [0.5, 0.6) is 0 Å². The summed E-state index contributed by atoms with van der Waals surface area (Å²) in [6.07, 6.45) is 0. The predicted octanol–water partition coefficient (Wildman–Crippen LogP) is -1.36. The molecule has 0 fully saturated rings. The van der Waals surface area contributed by atoms with Gasteiger partial charge in [-0.15, -0.1) is 0 Å². The Morgan fingerprint density at radius 3 is 2.67 bits per heavy atom. The van der Waals surface area contributed by atoms with Crippen LogP contribution in [-0.2, 0) is 9.53 Å². The standard InChI is InChI=1S/C7H17N3O2/c1-7(11)10-3-5-12-4-2-9-6-8/h9H,2-6,8H2,1H3,(H,10,11). The Bertz CT molecular complexity index is 119. The number of nitrogens with two attached hydrogens (primary N) is 1. The second kappa shape index (κ2) is 8.45. The maximum Gasteiger partial charge on any atom is 0.216 e. The van der Waals surface area contributed by atoms with Gasteiger partial charge < -0.3 is 21.1 Å². The molecule has 0 aromatic heterocycles. The number of hydrogen-bond donors (Lipinski definition) is 3. The average Bonchev–Trinajstić information content (AvgIpc) is 2.02.